The molecule has 0 spiro atoms. The molecule has 0 aromatic heterocycles. The van der Waals surface area contributed by atoms with Crippen molar-refractivity contribution >= 4 is 0 Å². The third-order valence-corrected chi connectivity index (χ3v) is 6.81. The van der Waals surface area contributed by atoms with Crippen LogP contribution in [0.4, 0.5) is 0 Å². The molecule has 4 rings (SSSR count). The maximum Gasteiger partial charge on any atom is 0.0451 e. The Bertz CT molecular complexity index is 805. The Morgan fingerprint density at radius 1 is 0.966 bits per heavy atom. The van der Waals surface area contributed by atoms with E-state index in [1.165, 1.54) is 62.7 Å². The van der Waals surface area contributed by atoms with E-state index >= 15 is 0 Å². The number of fused-ring (bicyclic) bond motifs is 1. The number of benzene rings is 2. The van der Waals surface area contributed by atoms with Gasteiger partial charge < -0.3 is 10.2 Å². The Hall–Kier alpha value is -2.06. The van der Waals surface area contributed by atoms with Gasteiger partial charge in [0.05, 0.1) is 0 Å². The van der Waals surface area contributed by atoms with E-state index < -0.39 is 0 Å². The van der Waals surface area contributed by atoms with Crippen LogP contribution in [-0.4, -0.2) is 30.6 Å². The molecule has 1 heterocycles. The first-order valence-electron chi connectivity index (χ1n) is 11.5. The molecule has 0 saturated carbocycles. The molecule has 1 N–H and O–H groups in total. The van der Waals surface area contributed by atoms with Crippen LogP contribution in [0.5, 0.6) is 0 Å². The highest BCUT2D eigenvalue weighted by Gasteiger charge is 2.24. The van der Waals surface area contributed by atoms with E-state index in [1.54, 1.807) is 11.1 Å². The van der Waals surface area contributed by atoms with E-state index in [0.717, 1.165) is 18.7 Å². The van der Waals surface area contributed by atoms with Gasteiger partial charge in [-0.3, -0.25) is 0 Å². The number of nitrogens with one attached hydrogen (secondary N) is 1. The molecule has 0 amide bonds. The molecule has 2 aromatic carbocycles. The molecule has 2 nitrogen and oxygen atoms in total. The number of nitrogens with zero attached hydrogens (tertiary/aromatic N) is 1. The Morgan fingerprint density at radius 2 is 1.69 bits per heavy atom. The van der Waals surface area contributed by atoms with Crippen LogP contribution < -0.4 is 5.32 Å². The van der Waals surface area contributed by atoms with Gasteiger partial charge in [0.15, 0.2) is 0 Å². The fourth-order valence-corrected chi connectivity index (χ4v) is 5.00. The fraction of sp³-hybridized carbons (Fsp3) is 0.481. The van der Waals surface area contributed by atoms with Crippen molar-refractivity contribution in [2.75, 3.05) is 19.6 Å². The lowest BCUT2D eigenvalue weighted by Crippen LogP contribution is -2.43. The largest absolute Gasteiger partial charge is 0.384 e. The number of hydrogen-bond donors (Lipinski definition) is 1. The Kier molecular flexibility index (Phi) is 6.71. The average molecular weight is 389 g/mol. The van der Waals surface area contributed by atoms with Crippen molar-refractivity contribution in [2.45, 2.75) is 63.8 Å². The van der Waals surface area contributed by atoms with Gasteiger partial charge >= 0.3 is 0 Å². The Morgan fingerprint density at radius 3 is 2.45 bits per heavy atom. The number of likely N-dealkylation sites (tertiary alicyclic amines) is 1. The molecule has 2 aromatic rings. The van der Waals surface area contributed by atoms with Gasteiger partial charge in [-0.2, -0.15) is 0 Å². The highest BCUT2D eigenvalue weighted by molar-refractivity contribution is 5.36. The normalized spacial score (nSPS) is 18.8. The minimum Gasteiger partial charge on any atom is -0.384 e. The summed E-state index contributed by atoms with van der Waals surface area (Å²) in [5, 5.41) is 3.83. The zero-order chi connectivity index (χ0) is 20.1. The lowest BCUT2D eigenvalue weighted by Gasteiger charge is -2.32. The lowest BCUT2D eigenvalue weighted by molar-refractivity contribution is 0.281. The average Bonchev–Trinajstić information content (AvgIpc) is 3.26. The maximum atomic E-state index is 4.38. The predicted octanol–water partition coefficient (Wildman–Crippen LogP) is 5.48. The first-order chi connectivity index (χ1) is 14.2. The summed E-state index contributed by atoms with van der Waals surface area (Å²) in [5.41, 5.74) is 7.10. The quantitative estimate of drug-likeness (QED) is 0.644. The number of rotatable bonds is 8. The zero-order valence-corrected chi connectivity index (χ0v) is 18.0. The van der Waals surface area contributed by atoms with Crippen molar-refractivity contribution in [1.29, 1.82) is 0 Å². The molecule has 2 atom stereocenters. The highest BCUT2D eigenvalue weighted by Crippen LogP contribution is 2.28. The van der Waals surface area contributed by atoms with Crippen LogP contribution in [0.25, 0.3) is 0 Å². The smallest absolute Gasteiger partial charge is 0.0451 e. The molecule has 2 aliphatic rings. The van der Waals surface area contributed by atoms with Gasteiger partial charge in [-0.25, -0.2) is 0 Å². The minimum atomic E-state index is 0.394. The van der Waals surface area contributed by atoms with Gasteiger partial charge in [-0.15, -0.1) is 0 Å². The monoisotopic (exact) mass is 388 g/mol. The van der Waals surface area contributed by atoms with Crippen LogP contribution in [0.2, 0.25) is 0 Å². The lowest BCUT2D eigenvalue weighted by atomic mass is 9.85. The summed E-state index contributed by atoms with van der Waals surface area (Å²) in [4.78, 5) is 2.63. The van der Waals surface area contributed by atoms with E-state index in [9.17, 15) is 0 Å². The second-order valence-corrected chi connectivity index (χ2v) is 9.05. The Balaban J connectivity index is 1.48. The third kappa shape index (κ3) is 5.30. The molecule has 0 bridgehead atoms. The molecule has 2 unspecified atom stereocenters. The molecule has 154 valence electrons. The number of allylic oxidation sites excluding steroid dienone is 1. The van der Waals surface area contributed by atoms with Crippen molar-refractivity contribution in [1.82, 2.24) is 10.2 Å². The standard InChI is InChI=1S/C27H36N2/c1-21(18-23-10-4-3-5-11-23)28-27(20-29-16-8-9-17-29)22(2)25-15-14-24-12-6-7-13-26(24)19-25/h3-5,10-11,14-15,19,22,27-28H,1,6-9,12-13,16-18,20H2,2H3. The summed E-state index contributed by atoms with van der Waals surface area (Å²) in [6.45, 7) is 10.4. The van der Waals surface area contributed by atoms with E-state index in [0.29, 0.717) is 12.0 Å². The molecule has 1 saturated heterocycles. The second-order valence-electron chi connectivity index (χ2n) is 9.05. The van der Waals surface area contributed by atoms with Crippen LogP contribution in [0, 0.1) is 0 Å². The highest BCUT2D eigenvalue weighted by atomic mass is 15.2. The van der Waals surface area contributed by atoms with Gasteiger partial charge in [0.1, 0.15) is 0 Å². The van der Waals surface area contributed by atoms with Crippen molar-refractivity contribution in [3.8, 4) is 0 Å². The summed E-state index contributed by atoms with van der Waals surface area (Å²) < 4.78 is 0. The molecule has 29 heavy (non-hydrogen) atoms. The SMILES string of the molecule is C=C(Cc1ccccc1)NC(CN1CCCC1)C(C)c1ccc2c(c1)CCCC2. The van der Waals surface area contributed by atoms with Gasteiger partial charge in [-0.05, 0) is 73.9 Å². The molecule has 1 aliphatic heterocycles. The predicted molar refractivity (Wildman–Crippen MR) is 123 cm³/mol. The summed E-state index contributed by atoms with van der Waals surface area (Å²) in [6.07, 6.45) is 8.77. The van der Waals surface area contributed by atoms with Crippen molar-refractivity contribution in [3.63, 3.8) is 0 Å². The van der Waals surface area contributed by atoms with E-state index in [2.05, 4.69) is 72.3 Å². The molecular formula is C27H36N2. The fourth-order valence-electron chi connectivity index (χ4n) is 5.00. The van der Waals surface area contributed by atoms with Crippen LogP contribution in [0.1, 0.15) is 60.8 Å². The summed E-state index contributed by atoms with van der Waals surface area (Å²) in [7, 11) is 0. The first kappa shape index (κ1) is 20.2. The van der Waals surface area contributed by atoms with Crippen LogP contribution in [0.15, 0.2) is 60.8 Å². The van der Waals surface area contributed by atoms with E-state index in [1.807, 2.05) is 0 Å². The number of aryl methyl sites for hydroxylation is 2. The van der Waals surface area contributed by atoms with Crippen molar-refractivity contribution in [3.05, 3.63) is 83.1 Å². The molecule has 2 heteroatoms. The summed E-state index contributed by atoms with van der Waals surface area (Å²) in [5.74, 6) is 0.468. The maximum absolute atomic E-state index is 4.38. The first-order valence-corrected chi connectivity index (χ1v) is 11.5. The van der Waals surface area contributed by atoms with Crippen molar-refractivity contribution in [2.24, 2.45) is 0 Å². The van der Waals surface area contributed by atoms with Crippen LogP contribution >= 0.6 is 0 Å². The van der Waals surface area contributed by atoms with Crippen molar-refractivity contribution < 1.29 is 0 Å². The molecule has 1 fully saturated rings. The molecular weight excluding hydrogens is 352 g/mol. The second kappa shape index (κ2) is 9.63. The Labute approximate surface area is 177 Å². The molecule has 0 radical (unpaired) electrons. The van der Waals surface area contributed by atoms with Crippen LogP contribution in [0.3, 0.4) is 0 Å². The van der Waals surface area contributed by atoms with Gasteiger partial charge in [-0.1, -0.05) is 62.0 Å². The van der Waals surface area contributed by atoms with Crippen LogP contribution in [-0.2, 0) is 19.3 Å². The topological polar surface area (TPSA) is 15.3 Å². The van der Waals surface area contributed by atoms with Gasteiger partial charge in [0.2, 0.25) is 0 Å². The molecule has 1 aliphatic carbocycles. The van der Waals surface area contributed by atoms with Gasteiger partial charge in [0, 0.05) is 30.6 Å². The summed E-state index contributed by atoms with van der Waals surface area (Å²) in [6, 6.07) is 18.3. The number of hydrogen-bond acceptors (Lipinski definition) is 2. The van der Waals surface area contributed by atoms with E-state index in [-0.39, 0.29) is 0 Å². The van der Waals surface area contributed by atoms with E-state index in [4.69, 9.17) is 0 Å². The zero-order valence-electron chi connectivity index (χ0n) is 18.0. The minimum absolute atomic E-state index is 0.394. The third-order valence-electron chi connectivity index (χ3n) is 6.81. The van der Waals surface area contributed by atoms with Gasteiger partial charge in [0.25, 0.3) is 0 Å². The summed E-state index contributed by atoms with van der Waals surface area (Å²) >= 11 is 0.